The number of hydrogen-bond acceptors (Lipinski definition) is 6. The molecule has 0 atom stereocenters. The molecule has 2 heterocycles. The zero-order valence-corrected chi connectivity index (χ0v) is 8.82. The van der Waals surface area contributed by atoms with Crippen LogP contribution in [-0.2, 0) is 6.61 Å². The Balaban J connectivity index is 2.11. The summed E-state index contributed by atoms with van der Waals surface area (Å²) in [6, 6.07) is 0. The average Bonchev–Trinajstić information content (AvgIpc) is 2.65. The van der Waals surface area contributed by atoms with Crippen molar-refractivity contribution in [3.63, 3.8) is 0 Å². The Kier molecular flexibility index (Phi) is 2.93. The van der Waals surface area contributed by atoms with Crippen LogP contribution in [0.25, 0.3) is 0 Å². The Hall–Kier alpha value is -1.47. The molecule has 0 bridgehead atoms. The summed E-state index contributed by atoms with van der Waals surface area (Å²) in [6.45, 7) is 1.78. The fourth-order valence-corrected chi connectivity index (χ4v) is 1.57. The molecule has 15 heavy (non-hydrogen) atoms. The number of nitrogens with one attached hydrogen (secondary N) is 1. The molecule has 0 fully saturated rings. The van der Waals surface area contributed by atoms with Gasteiger partial charge in [-0.25, -0.2) is 15.0 Å². The van der Waals surface area contributed by atoms with Gasteiger partial charge in [0, 0.05) is 18.0 Å². The SMILES string of the molecule is Cc1nc(Sc2ncc(CO)cn2)n[nH]1. The first-order valence-corrected chi connectivity index (χ1v) is 5.08. The van der Waals surface area contributed by atoms with E-state index in [0.717, 1.165) is 5.82 Å². The van der Waals surface area contributed by atoms with Crippen molar-refractivity contribution in [1.82, 2.24) is 25.1 Å². The van der Waals surface area contributed by atoms with E-state index in [-0.39, 0.29) is 6.61 Å². The lowest BCUT2D eigenvalue weighted by Crippen LogP contribution is -1.90. The second kappa shape index (κ2) is 4.37. The van der Waals surface area contributed by atoms with Gasteiger partial charge in [-0.15, -0.1) is 5.10 Å². The van der Waals surface area contributed by atoms with E-state index < -0.39 is 0 Å². The standard InChI is InChI=1S/C8H9N5OS/c1-5-11-8(13-12-5)15-7-9-2-6(4-14)3-10-7/h2-3,14H,4H2,1H3,(H,11,12,13). The molecule has 0 radical (unpaired) electrons. The summed E-state index contributed by atoms with van der Waals surface area (Å²) in [5, 5.41) is 16.6. The molecule has 2 aromatic rings. The van der Waals surface area contributed by atoms with Crippen molar-refractivity contribution in [3.8, 4) is 0 Å². The molecule has 78 valence electrons. The molecule has 6 nitrogen and oxygen atoms in total. The van der Waals surface area contributed by atoms with E-state index in [4.69, 9.17) is 5.11 Å². The van der Waals surface area contributed by atoms with Crippen molar-refractivity contribution in [2.75, 3.05) is 0 Å². The van der Waals surface area contributed by atoms with Crippen LogP contribution in [0.5, 0.6) is 0 Å². The summed E-state index contributed by atoms with van der Waals surface area (Å²) >= 11 is 1.27. The summed E-state index contributed by atoms with van der Waals surface area (Å²) in [5.74, 6) is 0.754. The molecule has 0 spiro atoms. The molecular weight excluding hydrogens is 214 g/mol. The van der Waals surface area contributed by atoms with Crippen molar-refractivity contribution >= 4 is 11.8 Å². The van der Waals surface area contributed by atoms with Crippen LogP contribution in [0.2, 0.25) is 0 Å². The van der Waals surface area contributed by atoms with Gasteiger partial charge in [0.2, 0.25) is 5.16 Å². The summed E-state index contributed by atoms with van der Waals surface area (Å²) in [4.78, 5) is 12.2. The summed E-state index contributed by atoms with van der Waals surface area (Å²) in [5.41, 5.74) is 0.686. The van der Waals surface area contributed by atoms with Gasteiger partial charge in [0.15, 0.2) is 5.16 Å². The van der Waals surface area contributed by atoms with E-state index in [1.165, 1.54) is 11.8 Å². The summed E-state index contributed by atoms with van der Waals surface area (Å²) < 4.78 is 0. The highest BCUT2D eigenvalue weighted by molar-refractivity contribution is 7.99. The second-order valence-corrected chi connectivity index (χ2v) is 3.77. The Bertz CT molecular complexity index is 441. The third kappa shape index (κ3) is 2.51. The molecule has 2 N–H and O–H groups in total. The lowest BCUT2D eigenvalue weighted by atomic mass is 10.4. The normalized spacial score (nSPS) is 10.5. The smallest absolute Gasteiger partial charge is 0.216 e. The number of nitrogens with zero attached hydrogens (tertiary/aromatic N) is 4. The van der Waals surface area contributed by atoms with Gasteiger partial charge in [0.25, 0.3) is 0 Å². The van der Waals surface area contributed by atoms with Crippen LogP contribution in [0.4, 0.5) is 0 Å². The zero-order valence-electron chi connectivity index (χ0n) is 8.01. The fraction of sp³-hybridized carbons (Fsp3) is 0.250. The van der Waals surface area contributed by atoms with Gasteiger partial charge in [0.1, 0.15) is 5.82 Å². The Morgan fingerprint density at radius 3 is 2.60 bits per heavy atom. The Labute approximate surface area is 90.2 Å². The largest absolute Gasteiger partial charge is 0.392 e. The lowest BCUT2D eigenvalue weighted by molar-refractivity contribution is 0.280. The Morgan fingerprint density at radius 1 is 1.33 bits per heavy atom. The summed E-state index contributed by atoms with van der Waals surface area (Å²) in [6.07, 6.45) is 3.16. The third-order valence-electron chi connectivity index (χ3n) is 1.62. The molecule has 2 rings (SSSR count). The molecule has 0 aliphatic carbocycles. The van der Waals surface area contributed by atoms with Crippen LogP contribution in [-0.4, -0.2) is 30.3 Å². The molecule has 0 saturated carbocycles. The van der Waals surface area contributed by atoms with Gasteiger partial charge in [-0.2, -0.15) is 0 Å². The topological polar surface area (TPSA) is 87.6 Å². The van der Waals surface area contributed by atoms with Crippen LogP contribution in [0.15, 0.2) is 22.7 Å². The maximum Gasteiger partial charge on any atom is 0.216 e. The maximum atomic E-state index is 8.81. The van der Waals surface area contributed by atoms with Crippen LogP contribution < -0.4 is 0 Å². The molecule has 0 aliphatic rings. The van der Waals surface area contributed by atoms with Crippen molar-refractivity contribution in [1.29, 1.82) is 0 Å². The zero-order chi connectivity index (χ0) is 10.7. The number of aliphatic hydroxyl groups excluding tert-OH is 1. The number of aryl methyl sites for hydroxylation is 1. The third-order valence-corrected chi connectivity index (χ3v) is 2.38. The minimum Gasteiger partial charge on any atom is -0.392 e. The molecule has 2 aromatic heterocycles. The molecule has 0 aromatic carbocycles. The first kappa shape index (κ1) is 10.1. The number of rotatable bonds is 3. The number of aromatic amines is 1. The summed E-state index contributed by atoms with van der Waals surface area (Å²) in [7, 11) is 0. The van der Waals surface area contributed by atoms with Crippen LogP contribution >= 0.6 is 11.8 Å². The van der Waals surface area contributed by atoms with Crippen LogP contribution in [0.3, 0.4) is 0 Å². The molecule has 0 saturated heterocycles. The monoisotopic (exact) mass is 223 g/mol. The van der Waals surface area contributed by atoms with E-state index >= 15 is 0 Å². The molecule has 0 unspecified atom stereocenters. The van der Waals surface area contributed by atoms with Gasteiger partial charge in [0.05, 0.1) is 6.61 Å². The lowest BCUT2D eigenvalue weighted by Gasteiger charge is -1.96. The molecular formula is C8H9N5OS. The predicted molar refractivity (Wildman–Crippen MR) is 53.2 cm³/mol. The number of H-pyrrole nitrogens is 1. The number of aliphatic hydroxyl groups is 1. The van der Waals surface area contributed by atoms with Crippen molar-refractivity contribution in [2.45, 2.75) is 23.8 Å². The minimum absolute atomic E-state index is 0.0509. The van der Waals surface area contributed by atoms with E-state index in [1.807, 2.05) is 6.92 Å². The van der Waals surface area contributed by atoms with Crippen molar-refractivity contribution < 1.29 is 5.11 Å². The van der Waals surface area contributed by atoms with Gasteiger partial charge < -0.3 is 5.11 Å². The Morgan fingerprint density at radius 2 is 2.07 bits per heavy atom. The predicted octanol–water partition coefficient (Wildman–Crippen LogP) is 0.547. The minimum atomic E-state index is -0.0509. The van der Waals surface area contributed by atoms with Crippen molar-refractivity contribution in [3.05, 3.63) is 23.8 Å². The first-order chi connectivity index (χ1) is 7.28. The maximum absolute atomic E-state index is 8.81. The van der Waals surface area contributed by atoms with E-state index in [9.17, 15) is 0 Å². The molecule has 0 aliphatic heterocycles. The van der Waals surface area contributed by atoms with Gasteiger partial charge >= 0.3 is 0 Å². The van der Waals surface area contributed by atoms with E-state index in [0.29, 0.717) is 15.9 Å². The van der Waals surface area contributed by atoms with Gasteiger partial charge in [-0.3, -0.25) is 5.10 Å². The highest BCUT2D eigenvalue weighted by Crippen LogP contribution is 2.19. The van der Waals surface area contributed by atoms with Gasteiger partial charge in [-0.05, 0) is 18.7 Å². The first-order valence-electron chi connectivity index (χ1n) is 4.26. The number of aromatic nitrogens is 5. The van der Waals surface area contributed by atoms with Crippen LogP contribution in [0.1, 0.15) is 11.4 Å². The van der Waals surface area contributed by atoms with Crippen molar-refractivity contribution in [2.24, 2.45) is 0 Å². The van der Waals surface area contributed by atoms with Crippen LogP contribution in [0, 0.1) is 6.92 Å². The molecule has 7 heteroatoms. The van der Waals surface area contributed by atoms with Gasteiger partial charge in [-0.1, -0.05) is 0 Å². The number of hydrogen-bond donors (Lipinski definition) is 2. The highest BCUT2D eigenvalue weighted by Gasteiger charge is 2.04. The molecule has 0 amide bonds. The second-order valence-electron chi connectivity index (χ2n) is 2.84. The van der Waals surface area contributed by atoms with E-state index in [2.05, 4.69) is 25.1 Å². The fourth-order valence-electron chi connectivity index (χ4n) is 0.927. The highest BCUT2D eigenvalue weighted by atomic mass is 32.2. The average molecular weight is 223 g/mol. The quantitative estimate of drug-likeness (QED) is 0.739. The van der Waals surface area contributed by atoms with E-state index in [1.54, 1.807) is 12.4 Å².